The summed E-state index contributed by atoms with van der Waals surface area (Å²) in [5.41, 5.74) is 0. The Labute approximate surface area is 133 Å². The molecule has 1 saturated carbocycles. The lowest BCUT2D eigenvalue weighted by molar-refractivity contribution is 0.0583. The van der Waals surface area contributed by atoms with Crippen molar-refractivity contribution in [1.29, 1.82) is 0 Å². The van der Waals surface area contributed by atoms with E-state index in [0.717, 1.165) is 44.3 Å². The van der Waals surface area contributed by atoms with Crippen molar-refractivity contribution in [2.75, 3.05) is 36.5 Å². The molecule has 0 amide bonds. The number of hydrogen-bond donors (Lipinski definition) is 1. The Morgan fingerprint density at radius 2 is 1.91 bits per heavy atom. The molecule has 1 N–H and O–H groups in total. The lowest BCUT2D eigenvalue weighted by Crippen LogP contribution is -2.30. The van der Waals surface area contributed by atoms with Gasteiger partial charge in [-0.15, -0.1) is 0 Å². The number of nitrogens with zero attached hydrogens (tertiary/aromatic N) is 3. The van der Waals surface area contributed by atoms with Crippen LogP contribution in [0.15, 0.2) is 12.4 Å². The molecule has 0 radical (unpaired) electrons. The zero-order valence-corrected chi connectivity index (χ0v) is 13.5. The van der Waals surface area contributed by atoms with Gasteiger partial charge in [0.05, 0.1) is 6.10 Å². The van der Waals surface area contributed by atoms with Gasteiger partial charge in [0.15, 0.2) is 0 Å². The van der Waals surface area contributed by atoms with Gasteiger partial charge in [-0.2, -0.15) is 0 Å². The summed E-state index contributed by atoms with van der Waals surface area (Å²) in [4.78, 5) is 11.1. The van der Waals surface area contributed by atoms with E-state index >= 15 is 0 Å². The van der Waals surface area contributed by atoms with E-state index in [1.807, 2.05) is 0 Å². The molecule has 122 valence electrons. The Balaban J connectivity index is 1.38. The van der Waals surface area contributed by atoms with Crippen LogP contribution >= 0.6 is 0 Å². The van der Waals surface area contributed by atoms with Crippen LogP contribution in [0.25, 0.3) is 0 Å². The van der Waals surface area contributed by atoms with Crippen molar-refractivity contribution in [1.82, 2.24) is 9.97 Å². The van der Waals surface area contributed by atoms with Gasteiger partial charge in [0.25, 0.3) is 0 Å². The molecule has 1 aromatic heterocycles. The predicted octanol–water partition coefficient (Wildman–Crippen LogP) is 3.23. The zero-order chi connectivity index (χ0) is 15.0. The molecule has 1 aliphatic heterocycles. The summed E-state index contributed by atoms with van der Waals surface area (Å²) in [7, 11) is 0. The highest BCUT2D eigenvalue weighted by atomic mass is 16.5. The van der Waals surface area contributed by atoms with E-state index in [2.05, 4.69) is 26.3 Å². The summed E-state index contributed by atoms with van der Waals surface area (Å²) in [5.74, 6) is 1.98. The summed E-state index contributed by atoms with van der Waals surface area (Å²) >= 11 is 0. The summed E-state index contributed by atoms with van der Waals surface area (Å²) in [5, 5.41) is 3.39. The second-order valence-corrected chi connectivity index (χ2v) is 6.37. The number of hydrogen-bond acceptors (Lipinski definition) is 5. The first-order valence-electron chi connectivity index (χ1n) is 8.84. The van der Waals surface area contributed by atoms with Crippen molar-refractivity contribution in [3.8, 4) is 0 Å². The van der Waals surface area contributed by atoms with Crippen LogP contribution in [-0.2, 0) is 4.74 Å². The Bertz CT molecular complexity index is 442. The van der Waals surface area contributed by atoms with Crippen LogP contribution in [0.5, 0.6) is 0 Å². The van der Waals surface area contributed by atoms with Crippen molar-refractivity contribution in [2.24, 2.45) is 0 Å². The number of nitrogens with one attached hydrogen (secondary N) is 1. The van der Waals surface area contributed by atoms with Crippen molar-refractivity contribution < 1.29 is 4.74 Å². The predicted molar refractivity (Wildman–Crippen MR) is 89.4 cm³/mol. The molecule has 22 heavy (non-hydrogen) atoms. The maximum Gasteiger partial charge on any atom is 0.134 e. The number of rotatable bonds is 7. The Kier molecular flexibility index (Phi) is 5.87. The van der Waals surface area contributed by atoms with E-state index < -0.39 is 0 Å². The van der Waals surface area contributed by atoms with Gasteiger partial charge in [0.2, 0.25) is 0 Å². The topological polar surface area (TPSA) is 50.3 Å². The number of ether oxygens (including phenoxy) is 1. The van der Waals surface area contributed by atoms with Gasteiger partial charge in [0, 0.05) is 32.3 Å². The zero-order valence-electron chi connectivity index (χ0n) is 13.5. The van der Waals surface area contributed by atoms with Crippen LogP contribution < -0.4 is 10.2 Å². The SMILES string of the molecule is c1nc(NCCCOC2CCCC2)cc(N2CCCCC2)n1. The molecule has 2 aliphatic rings. The molecular weight excluding hydrogens is 276 g/mol. The van der Waals surface area contributed by atoms with Crippen LogP contribution in [0.1, 0.15) is 51.4 Å². The average Bonchev–Trinajstić information content (AvgIpc) is 3.09. The van der Waals surface area contributed by atoms with E-state index in [1.54, 1.807) is 6.33 Å². The fourth-order valence-corrected chi connectivity index (χ4v) is 3.33. The molecule has 1 aliphatic carbocycles. The first-order valence-corrected chi connectivity index (χ1v) is 8.84. The van der Waals surface area contributed by atoms with Crippen LogP contribution in [0.2, 0.25) is 0 Å². The highest BCUT2D eigenvalue weighted by Crippen LogP contribution is 2.21. The molecule has 0 aromatic carbocycles. The summed E-state index contributed by atoms with van der Waals surface area (Å²) in [6.45, 7) is 3.99. The second-order valence-electron chi connectivity index (χ2n) is 6.37. The van der Waals surface area contributed by atoms with E-state index in [9.17, 15) is 0 Å². The molecule has 2 heterocycles. The molecule has 0 bridgehead atoms. The normalized spacial score (nSPS) is 19.5. The molecule has 5 heteroatoms. The Hall–Kier alpha value is -1.36. The van der Waals surface area contributed by atoms with Gasteiger partial charge < -0.3 is 15.0 Å². The minimum atomic E-state index is 0.518. The van der Waals surface area contributed by atoms with E-state index in [4.69, 9.17) is 4.74 Å². The van der Waals surface area contributed by atoms with E-state index in [1.165, 1.54) is 44.9 Å². The molecule has 5 nitrogen and oxygen atoms in total. The fraction of sp³-hybridized carbons (Fsp3) is 0.765. The third-order valence-corrected chi connectivity index (χ3v) is 4.62. The summed E-state index contributed by atoms with van der Waals surface area (Å²) in [6, 6.07) is 2.07. The van der Waals surface area contributed by atoms with Crippen molar-refractivity contribution >= 4 is 11.6 Å². The lowest BCUT2D eigenvalue weighted by Gasteiger charge is -2.27. The van der Waals surface area contributed by atoms with E-state index in [0.29, 0.717) is 6.10 Å². The van der Waals surface area contributed by atoms with Crippen LogP contribution in [0, 0.1) is 0 Å². The monoisotopic (exact) mass is 304 g/mol. The van der Waals surface area contributed by atoms with Gasteiger partial charge in [-0.3, -0.25) is 0 Å². The molecule has 0 unspecified atom stereocenters. The first kappa shape index (κ1) is 15.5. The van der Waals surface area contributed by atoms with Gasteiger partial charge >= 0.3 is 0 Å². The minimum Gasteiger partial charge on any atom is -0.378 e. The number of piperidine rings is 1. The van der Waals surface area contributed by atoms with Crippen molar-refractivity contribution in [2.45, 2.75) is 57.5 Å². The highest BCUT2D eigenvalue weighted by molar-refractivity contribution is 5.48. The maximum absolute atomic E-state index is 5.88. The largest absolute Gasteiger partial charge is 0.378 e. The molecular formula is C17H28N4O. The fourth-order valence-electron chi connectivity index (χ4n) is 3.33. The standard InChI is InChI=1S/C17H28N4O/c1-4-10-21(11-5-1)17-13-16(19-14-20-17)18-9-6-12-22-15-7-2-3-8-15/h13-15H,1-12H2,(H,18,19,20). The van der Waals surface area contributed by atoms with E-state index in [-0.39, 0.29) is 0 Å². The van der Waals surface area contributed by atoms with Gasteiger partial charge in [-0.1, -0.05) is 12.8 Å². The smallest absolute Gasteiger partial charge is 0.134 e. The highest BCUT2D eigenvalue weighted by Gasteiger charge is 2.15. The molecule has 0 atom stereocenters. The van der Waals surface area contributed by atoms with Crippen LogP contribution in [0.3, 0.4) is 0 Å². The summed E-state index contributed by atoms with van der Waals surface area (Å²) in [6.07, 6.45) is 12.3. The Morgan fingerprint density at radius 3 is 2.73 bits per heavy atom. The Morgan fingerprint density at radius 1 is 1.09 bits per heavy atom. The quantitative estimate of drug-likeness (QED) is 0.784. The van der Waals surface area contributed by atoms with Gasteiger partial charge in [-0.05, 0) is 38.5 Å². The molecule has 3 rings (SSSR count). The van der Waals surface area contributed by atoms with Gasteiger partial charge in [0.1, 0.15) is 18.0 Å². The van der Waals surface area contributed by atoms with Gasteiger partial charge in [-0.25, -0.2) is 9.97 Å². The molecule has 0 spiro atoms. The molecule has 1 aromatic rings. The number of anilines is 2. The van der Waals surface area contributed by atoms with Crippen LogP contribution in [-0.4, -0.2) is 42.3 Å². The minimum absolute atomic E-state index is 0.518. The first-order chi connectivity index (χ1) is 10.9. The van der Waals surface area contributed by atoms with Crippen molar-refractivity contribution in [3.05, 3.63) is 12.4 Å². The second kappa shape index (κ2) is 8.32. The average molecular weight is 304 g/mol. The maximum atomic E-state index is 5.88. The van der Waals surface area contributed by atoms with Crippen LogP contribution in [0.4, 0.5) is 11.6 Å². The molecule has 1 saturated heterocycles. The summed E-state index contributed by atoms with van der Waals surface area (Å²) < 4.78 is 5.88. The van der Waals surface area contributed by atoms with Crippen molar-refractivity contribution in [3.63, 3.8) is 0 Å². The third kappa shape index (κ3) is 4.57. The number of aromatic nitrogens is 2. The molecule has 2 fully saturated rings. The lowest BCUT2D eigenvalue weighted by atomic mass is 10.1. The third-order valence-electron chi connectivity index (χ3n) is 4.62.